The average molecular weight is 434 g/mol. The summed E-state index contributed by atoms with van der Waals surface area (Å²) in [5.74, 6) is -0.889. The summed E-state index contributed by atoms with van der Waals surface area (Å²) in [7, 11) is 0. The quantitative estimate of drug-likeness (QED) is 0.181. The van der Waals surface area contributed by atoms with Crippen molar-refractivity contribution in [1.29, 1.82) is 0 Å². The van der Waals surface area contributed by atoms with Crippen molar-refractivity contribution in [1.82, 2.24) is 4.90 Å². The maximum absolute atomic E-state index is 11.5. The van der Waals surface area contributed by atoms with E-state index in [2.05, 4.69) is 18.7 Å². The van der Waals surface area contributed by atoms with Crippen LogP contribution >= 0.6 is 0 Å². The van der Waals surface area contributed by atoms with Gasteiger partial charge in [0, 0.05) is 6.04 Å². The molecule has 0 bridgehead atoms. The first-order valence-electron chi connectivity index (χ1n) is 13.1. The number of unbranched alkanes of at least 4 members (excludes halogenated alkanes) is 16. The number of hydrogen-bond acceptors (Lipinski definition) is 3. The van der Waals surface area contributed by atoms with E-state index in [1.807, 2.05) is 6.92 Å². The normalized spacial score (nSPS) is 12.1. The zero-order valence-corrected chi connectivity index (χ0v) is 23.2. The molecule has 3 nitrogen and oxygen atoms in total. The number of carboxylic acids is 1. The monoisotopic (exact) mass is 433 g/mol. The van der Waals surface area contributed by atoms with E-state index in [9.17, 15) is 9.90 Å². The fourth-order valence-corrected chi connectivity index (χ4v) is 4.25. The topological polar surface area (TPSA) is 43.4 Å². The third-order valence-corrected chi connectivity index (χ3v) is 6.20. The van der Waals surface area contributed by atoms with Gasteiger partial charge in [0.05, 0.1) is 5.97 Å². The SMILES string of the molecule is CCCCCCCCCCCN(CCCCCCCCCCC)C(CC)C(=O)[O-].[Na+]. The zero-order valence-electron chi connectivity index (χ0n) is 21.2. The molecule has 0 fully saturated rings. The van der Waals surface area contributed by atoms with Crippen LogP contribution in [-0.4, -0.2) is 30.0 Å². The molecule has 0 saturated carbocycles. The number of aliphatic carboxylic acids is 1. The Kier molecular flexibility index (Phi) is 27.9. The Bertz CT molecular complexity index is 330. The molecule has 0 N–H and O–H groups in total. The van der Waals surface area contributed by atoms with Gasteiger partial charge in [0.1, 0.15) is 0 Å². The first kappa shape index (κ1) is 32.6. The van der Waals surface area contributed by atoms with Crippen LogP contribution in [0.4, 0.5) is 0 Å². The zero-order chi connectivity index (χ0) is 21.6. The number of nitrogens with zero attached hydrogens (tertiary/aromatic N) is 1. The molecule has 0 radical (unpaired) electrons. The average Bonchev–Trinajstić information content (AvgIpc) is 2.71. The number of rotatable bonds is 23. The van der Waals surface area contributed by atoms with Crippen LogP contribution in [0.15, 0.2) is 0 Å². The van der Waals surface area contributed by atoms with E-state index in [0.29, 0.717) is 6.42 Å². The molecule has 1 unspecified atom stereocenters. The summed E-state index contributed by atoms with van der Waals surface area (Å²) in [6, 6.07) is -0.405. The molecular formula is C26H52NNaO2. The van der Waals surface area contributed by atoms with Crippen LogP contribution in [-0.2, 0) is 4.79 Å². The molecule has 0 amide bonds. The first-order valence-corrected chi connectivity index (χ1v) is 13.1. The second-order valence-electron chi connectivity index (χ2n) is 8.94. The summed E-state index contributed by atoms with van der Waals surface area (Å²) in [4.78, 5) is 13.7. The largest absolute Gasteiger partial charge is 1.00 e. The number of carbonyl (C=O) groups excluding carboxylic acids is 1. The predicted octanol–water partition coefficient (Wildman–Crippen LogP) is 3.88. The van der Waals surface area contributed by atoms with E-state index in [-0.39, 0.29) is 29.6 Å². The Balaban J connectivity index is 0. The smallest absolute Gasteiger partial charge is 0.548 e. The number of hydrogen-bond donors (Lipinski definition) is 0. The second-order valence-corrected chi connectivity index (χ2v) is 8.94. The standard InChI is InChI=1S/C26H53NO2.Na/c1-4-7-9-11-13-15-17-19-21-23-27(25(6-3)26(28)29)24-22-20-18-16-14-12-10-8-5-2;/h25H,4-24H2,1-3H3,(H,28,29);/q;+1/p-1. The van der Waals surface area contributed by atoms with Gasteiger partial charge < -0.3 is 9.90 Å². The second kappa shape index (κ2) is 25.7. The molecule has 0 heterocycles. The Hall–Kier alpha value is 0.430. The number of carbonyl (C=O) groups is 1. The maximum atomic E-state index is 11.5. The van der Waals surface area contributed by atoms with Crippen LogP contribution in [0.5, 0.6) is 0 Å². The van der Waals surface area contributed by atoms with Gasteiger partial charge >= 0.3 is 29.6 Å². The molecule has 0 aliphatic carbocycles. The van der Waals surface area contributed by atoms with E-state index in [1.165, 1.54) is 103 Å². The molecule has 0 saturated heterocycles. The summed E-state index contributed by atoms with van der Waals surface area (Å²) in [5.41, 5.74) is 0. The van der Waals surface area contributed by atoms with Crippen molar-refractivity contribution >= 4 is 5.97 Å². The Morgan fingerprint density at radius 3 is 1.17 bits per heavy atom. The molecule has 30 heavy (non-hydrogen) atoms. The minimum Gasteiger partial charge on any atom is -0.548 e. The fraction of sp³-hybridized carbons (Fsp3) is 0.962. The molecule has 0 aliphatic heterocycles. The van der Waals surface area contributed by atoms with E-state index >= 15 is 0 Å². The molecule has 174 valence electrons. The minimum atomic E-state index is -0.889. The first-order chi connectivity index (χ1) is 14.2. The van der Waals surface area contributed by atoms with Crippen molar-refractivity contribution in [2.45, 2.75) is 149 Å². The van der Waals surface area contributed by atoms with Crippen molar-refractivity contribution in [2.75, 3.05) is 13.1 Å². The van der Waals surface area contributed by atoms with Crippen LogP contribution in [0.3, 0.4) is 0 Å². The van der Waals surface area contributed by atoms with Gasteiger partial charge in [-0.1, -0.05) is 124 Å². The van der Waals surface area contributed by atoms with Crippen LogP contribution < -0.4 is 34.7 Å². The van der Waals surface area contributed by atoms with E-state index in [4.69, 9.17) is 0 Å². The third kappa shape index (κ3) is 20.3. The van der Waals surface area contributed by atoms with Gasteiger partial charge in [-0.25, -0.2) is 0 Å². The van der Waals surface area contributed by atoms with Crippen LogP contribution in [0.1, 0.15) is 143 Å². The van der Waals surface area contributed by atoms with Crippen molar-refractivity contribution < 1.29 is 39.5 Å². The van der Waals surface area contributed by atoms with Gasteiger partial charge in [-0.15, -0.1) is 0 Å². The van der Waals surface area contributed by atoms with Gasteiger partial charge in [0.2, 0.25) is 0 Å². The molecule has 0 aromatic heterocycles. The van der Waals surface area contributed by atoms with Crippen LogP contribution in [0.25, 0.3) is 0 Å². The van der Waals surface area contributed by atoms with E-state index < -0.39 is 12.0 Å². The van der Waals surface area contributed by atoms with Gasteiger partial charge in [0.25, 0.3) is 0 Å². The summed E-state index contributed by atoms with van der Waals surface area (Å²) in [6.07, 6.45) is 24.2. The van der Waals surface area contributed by atoms with Gasteiger partial charge in [-0.3, -0.25) is 4.90 Å². The minimum absolute atomic E-state index is 0. The van der Waals surface area contributed by atoms with Crippen molar-refractivity contribution in [3.63, 3.8) is 0 Å². The Morgan fingerprint density at radius 1 is 0.600 bits per heavy atom. The Labute approximate surface area is 211 Å². The summed E-state index contributed by atoms with van der Waals surface area (Å²) < 4.78 is 0. The fourth-order valence-electron chi connectivity index (χ4n) is 4.25. The molecule has 4 heteroatoms. The van der Waals surface area contributed by atoms with Crippen LogP contribution in [0, 0.1) is 0 Å². The maximum Gasteiger partial charge on any atom is 1.00 e. The molecule has 1 atom stereocenters. The summed E-state index contributed by atoms with van der Waals surface area (Å²) >= 11 is 0. The van der Waals surface area contributed by atoms with Crippen LogP contribution in [0.2, 0.25) is 0 Å². The third-order valence-electron chi connectivity index (χ3n) is 6.20. The predicted molar refractivity (Wildman–Crippen MR) is 125 cm³/mol. The van der Waals surface area contributed by atoms with Gasteiger partial charge in [0.15, 0.2) is 0 Å². The Morgan fingerprint density at radius 2 is 0.900 bits per heavy atom. The van der Waals surface area contributed by atoms with Gasteiger partial charge in [-0.05, 0) is 32.4 Å². The summed E-state index contributed by atoms with van der Waals surface area (Å²) in [6.45, 7) is 8.33. The van der Waals surface area contributed by atoms with Crippen molar-refractivity contribution in [3.8, 4) is 0 Å². The van der Waals surface area contributed by atoms with E-state index in [0.717, 1.165) is 25.9 Å². The van der Waals surface area contributed by atoms with E-state index in [1.54, 1.807) is 0 Å². The van der Waals surface area contributed by atoms with Crippen molar-refractivity contribution in [2.24, 2.45) is 0 Å². The molecular weight excluding hydrogens is 381 g/mol. The molecule has 0 rings (SSSR count). The van der Waals surface area contributed by atoms with Gasteiger partial charge in [-0.2, -0.15) is 0 Å². The molecule has 0 aromatic carbocycles. The molecule has 0 spiro atoms. The summed E-state index contributed by atoms with van der Waals surface area (Å²) in [5, 5.41) is 11.5. The molecule has 0 aliphatic rings. The van der Waals surface area contributed by atoms with Crippen molar-refractivity contribution in [3.05, 3.63) is 0 Å². The molecule has 0 aromatic rings. The number of carboxylic acid groups (broad SMARTS) is 1.